The maximum atomic E-state index is 13.0. The molecule has 2 aliphatic heterocycles. The number of rotatable bonds is 5. The molecule has 0 amide bonds. The van der Waals surface area contributed by atoms with Gasteiger partial charge in [-0.25, -0.2) is 4.99 Å². The Balaban J connectivity index is 2.02. The number of piperazine rings is 1. The summed E-state index contributed by atoms with van der Waals surface area (Å²) in [7, 11) is 0. The molecule has 29 heavy (non-hydrogen) atoms. The van der Waals surface area contributed by atoms with Gasteiger partial charge in [-0.3, -0.25) is 4.79 Å². The molecule has 4 rings (SSSR count). The number of benzene rings is 2. The Morgan fingerprint density at radius 3 is 2.66 bits per heavy atom. The van der Waals surface area contributed by atoms with Crippen molar-refractivity contribution in [1.29, 1.82) is 0 Å². The Morgan fingerprint density at radius 1 is 1.24 bits per heavy atom. The second-order valence-corrected chi connectivity index (χ2v) is 7.81. The molecule has 3 N–H and O–H groups in total. The summed E-state index contributed by atoms with van der Waals surface area (Å²) in [5, 5.41) is 16.6. The zero-order valence-corrected chi connectivity index (χ0v) is 16.9. The van der Waals surface area contributed by atoms with E-state index in [1.165, 1.54) is 0 Å². The average molecular weight is 414 g/mol. The summed E-state index contributed by atoms with van der Waals surface area (Å²) in [6.45, 7) is 3.83. The van der Waals surface area contributed by atoms with Crippen LogP contribution in [0.15, 0.2) is 53.5 Å². The third-order valence-electron chi connectivity index (χ3n) is 5.65. The molecule has 0 radical (unpaired) electrons. The number of nitrogens with one attached hydrogen (secondary N) is 2. The van der Waals surface area contributed by atoms with Crippen molar-refractivity contribution in [2.45, 2.75) is 24.8 Å². The number of carboxylic acids is 1. The Hall–Kier alpha value is -2.41. The van der Waals surface area contributed by atoms with Gasteiger partial charge in [0, 0.05) is 31.2 Å². The van der Waals surface area contributed by atoms with Crippen molar-refractivity contribution in [1.82, 2.24) is 10.6 Å². The summed E-state index contributed by atoms with van der Waals surface area (Å²) in [5.41, 5.74) is 0.222. The van der Waals surface area contributed by atoms with E-state index in [2.05, 4.69) is 10.6 Å². The van der Waals surface area contributed by atoms with E-state index < -0.39 is 22.8 Å². The Kier molecular flexibility index (Phi) is 5.58. The van der Waals surface area contributed by atoms with Gasteiger partial charge in [-0.05, 0) is 30.7 Å². The Morgan fingerprint density at radius 2 is 1.97 bits per heavy atom. The van der Waals surface area contributed by atoms with Gasteiger partial charge in [-0.2, -0.15) is 0 Å². The Labute approximate surface area is 174 Å². The highest BCUT2D eigenvalue weighted by Gasteiger charge is 2.56. The van der Waals surface area contributed by atoms with Crippen molar-refractivity contribution in [3.63, 3.8) is 0 Å². The molecule has 3 atom stereocenters. The fourth-order valence-corrected chi connectivity index (χ4v) is 4.56. The average Bonchev–Trinajstić information content (AvgIpc) is 2.92. The van der Waals surface area contributed by atoms with Crippen LogP contribution in [-0.2, 0) is 4.79 Å². The first-order chi connectivity index (χ1) is 14.1. The molecule has 2 aromatic carbocycles. The highest BCUT2D eigenvalue weighted by Crippen LogP contribution is 2.45. The lowest BCUT2D eigenvalue weighted by Crippen LogP contribution is -2.65. The Bertz CT molecular complexity index is 942. The first-order valence-corrected chi connectivity index (χ1v) is 10.3. The molecule has 1 saturated heterocycles. The van der Waals surface area contributed by atoms with Crippen molar-refractivity contribution in [2.75, 3.05) is 19.6 Å². The van der Waals surface area contributed by atoms with Gasteiger partial charge >= 0.3 is 5.97 Å². The van der Waals surface area contributed by atoms with Gasteiger partial charge in [0.1, 0.15) is 16.9 Å². The predicted octanol–water partition coefficient (Wildman–Crippen LogP) is 3.56. The smallest absolute Gasteiger partial charge is 0.318 e. The van der Waals surface area contributed by atoms with E-state index in [0.29, 0.717) is 48.0 Å². The maximum Gasteiger partial charge on any atom is 0.318 e. The van der Waals surface area contributed by atoms with Crippen LogP contribution in [0.4, 0.5) is 5.69 Å². The molecule has 152 valence electrons. The minimum absolute atomic E-state index is 0.423. The van der Waals surface area contributed by atoms with Crippen molar-refractivity contribution in [3.05, 3.63) is 54.1 Å². The second-order valence-electron chi connectivity index (χ2n) is 7.29. The topological polar surface area (TPSA) is 83.0 Å². The molecular formula is C22H24ClN3O3. The third-order valence-corrected chi connectivity index (χ3v) is 6.30. The van der Waals surface area contributed by atoms with E-state index in [-0.39, 0.29) is 0 Å². The zero-order chi connectivity index (χ0) is 20.4. The first-order valence-electron chi connectivity index (χ1n) is 9.86. The van der Waals surface area contributed by atoms with E-state index in [0.717, 1.165) is 6.54 Å². The number of nitrogens with zero attached hydrogens (tertiary/aromatic N) is 1. The zero-order valence-electron chi connectivity index (χ0n) is 16.2. The van der Waals surface area contributed by atoms with Crippen LogP contribution in [0, 0.1) is 5.41 Å². The highest BCUT2D eigenvalue weighted by atomic mass is 35.5. The molecular weight excluding hydrogens is 390 g/mol. The summed E-state index contributed by atoms with van der Waals surface area (Å²) in [6.07, 6.45) is 0.482. The molecule has 0 saturated carbocycles. The van der Waals surface area contributed by atoms with Crippen LogP contribution in [0.5, 0.6) is 11.5 Å². The second kappa shape index (κ2) is 8.14. The summed E-state index contributed by atoms with van der Waals surface area (Å²) < 4.78 is 6.12. The van der Waals surface area contributed by atoms with E-state index in [9.17, 15) is 9.90 Å². The van der Waals surface area contributed by atoms with Gasteiger partial charge in [0.05, 0.1) is 11.1 Å². The SMILES string of the molecule is CCC(Cl)C(C(=O)O)(C1=Nc2ccccc2Oc2ccccc21)C1CNCCN1. The quantitative estimate of drug-likeness (QED) is 0.653. The molecule has 0 bridgehead atoms. The van der Waals surface area contributed by atoms with E-state index in [1.54, 1.807) is 0 Å². The number of halogens is 1. The minimum Gasteiger partial charge on any atom is -0.480 e. The highest BCUT2D eigenvalue weighted by molar-refractivity contribution is 6.29. The van der Waals surface area contributed by atoms with Gasteiger partial charge < -0.3 is 20.5 Å². The standard InChI is InChI=1S/C22H24ClN3O3/c1-2-18(23)22(21(27)28,19-13-24-11-12-25-19)20-14-7-3-5-9-16(14)29-17-10-6-4-8-15(17)26-20/h3-10,18-19,24-25H,2,11-13H2,1H3,(H,27,28). The molecule has 6 nitrogen and oxygen atoms in total. The number of carboxylic acid groups (broad SMARTS) is 1. The lowest BCUT2D eigenvalue weighted by atomic mass is 9.69. The number of alkyl halides is 1. The van der Waals surface area contributed by atoms with Crippen molar-refractivity contribution >= 4 is 29.0 Å². The van der Waals surface area contributed by atoms with Crippen molar-refractivity contribution < 1.29 is 14.6 Å². The lowest BCUT2D eigenvalue weighted by molar-refractivity contribution is -0.146. The number of aliphatic carboxylic acids is 1. The number of para-hydroxylation sites is 3. The van der Waals surface area contributed by atoms with Gasteiger partial charge in [0.25, 0.3) is 0 Å². The maximum absolute atomic E-state index is 13.0. The number of aliphatic imine (C=N–C) groups is 1. The van der Waals surface area contributed by atoms with Gasteiger partial charge in [-0.1, -0.05) is 31.2 Å². The van der Waals surface area contributed by atoms with Crippen LogP contribution in [-0.4, -0.2) is 47.8 Å². The normalized spacial score (nSPS) is 21.4. The molecule has 0 aromatic heterocycles. The molecule has 7 heteroatoms. The van der Waals surface area contributed by atoms with Gasteiger partial charge in [0.15, 0.2) is 5.75 Å². The molecule has 2 aliphatic rings. The monoisotopic (exact) mass is 413 g/mol. The molecule has 0 spiro atoms. The minimum atomic E-state index is -1.44. The predicted molar refractivity (Wildman–Crippen MR) is 114 cm³/mol. The number of ether oxygens (including phenoxy) is 1. The van der Waals surface area contributed by atoms with Crippen LogP contribution in [0.2, 0.25) is 0 Å². The fourth-order valence-electron chi connectivity index (χ4n) is 4.21. The number of hydrogen-bond acceptors (Lipinski definition) is 5. The molecule has 2 heterocycles. The molecule has 1 fully saturated rings. The first kappa shape index (κ1) is 19.9. The van der Waals surface area contributed by atoms with Crippen molar-refractivity contribution in [2.24, 2.45) is 10.4 Å². The number of carbonyl (C=O) groups is 1. The van der Waals surface area contributed by atoms with Gasteiger partial charge in [-0.15, -0.1) is 11.6 Å². The van der Waals surface area contributed by atoms with E-state index in [4.69, 9.17) is 21.3 Å². The number of fused-ring (bicyclic) bond motifs is 2. The molecule has 0 aliphatic carbocycles. The van der Waals surface area contributed by atoms with Crippen LogP contribution in [0.3, 0.4) is 0 Å². The lowest BCUT2D eigenvalue weighted by Gasteiger charge is -2.43. The van der Waals surface area contributed by atoms with Gasteiger partial charge in [0.2, 0.25) is 0 Å². The fraction of sp³-hybridized carbons (Fsp3) is 0.364. The molecule has 2 aromatic rings. The van der Waals surface area contributed by atoms with E-state index in [1.807, 2.05) is 55.5 Å². The summed E-state index contributed by atoms with van der Waals surface area (Å²) in [4.78, 5) is 17.9. The van der Waals surface area contributed by atoms with Crippen LogP contribution >= 0.6 is 11.6 Å². The van der Waals surface area contributed by atoms with Crippen LogP contribution < -0.4 is 15.4 Å². The summed E-state index contributed by atoms with van der Waals surface area (Å²) in [6, 6.07) is 14.4. The van der Waals surface area contributed by atoms with Crippen LogP contribution in [0.25, 0.3) is 0 Å². The third kappa shape index (κ3) is 3.31. The summed E-state index contributed by atoms with van der Waals surface area (Å²) >= 11 is 6.83. The summed E-state index contributed by atoms with van der Waals surface area (Å²) in [5.74, 6) is 0.172. The van der Waals surface area contributed by atoms with Crippen molar-refractivity contribution in [3.8, 4) is 11.5 Å². The number of hydrogen-bond donors (Lipinski definition) is 3. The molecule has 3 unspecified atom stereocenters. The van der Waals surface area contributed by atoms with Crippen LogP contribution in [0.1, 0.15) is 18.9 Å². The van der Waals surface area contributed by atoms with E-state index >= 15 is 0 Å². The largest absolute Gasteiger partial charge is 0.480 e.